The van der Waals surface area contributed by atoms with Gasteiger partial charge in [0.2, 0.25) is 5.91 Å². The average molecular weight is 344 g/mol. The highest BCUT2D eigenvalue weighted by Crippen LogP contribution is 2.36. The molecule has 0 radical (unpaired) electrons. The third-order valence-electron chi connectivity index (χ3n) is 5.81. The molecule has 25 heavy (non-hydrogen) atoms. The summed E-state index contributed by atoms with van der Waals surface area (Å²) in [6.45, 7) is 4.62. The molecular weight excluding hydrogens is 316 g/mol. The summed E-state index contributed by atoms with van der Waals surface area (Å²) in [7, 11) is 0. The van der Waals surface area contributed by atoms with Crippen LogP contribution in [0.25, 0.3) is 0 Å². The van der Waals surface area contributed by atoms with Gasteiger partial charge < -0.3 is 15.3 Å². The summed E-state index contributed by atoms with van der Waals surface area (Å²) in [5.41, 5.74) is 1.05. The topological polar surface area (TPSA) is 78.4 Å². The van der Waals surface area contributed by atoms with Crippen molar-refractivity contribution in [2.45, 2.75) is 57.5 Å². The van der Waals surface area contributed by atoms with Crippen LogP contribution in [0.4, 0.5) is 5.82 Å². The number of anilines is 1. The van der Waals surface area contributed by atoms with E-state index in [0.29, 0.717) is 23.7 Å². The Balaban J connectivity index is 1.28. The van der Waals surface area contributed by atoms with Gasteiger partial charge in [-0.1, -0.05) is 0 Å². The van der Waals surface area contributed by atoms with Crippen LogP contribution in [0.15, 0.2) is 6.07 Å². The predicted molar refractivity (Wildman–Crippen MR) is 95.3 cm³/mol. The van der Waals surface area contributed by atoms with Crippen molar-refractivity contribution >= 4 is 11.7 Å². The average Bonchev–Trinajstić information content (AvgIpc) is 3.41. The van der Waals surface area contributed by atoms with Gasteiger partial charge in [0.05, 0.1) is 6.10 Å². The Kier molecular flexibility index (Phi) is 4.63. The molecule has 6 heteroatoms. The monoisotopic (exact) mass is 344 g/mol. The highest BCUT2D eigenvalue weighted by atomic mass is 16.3. The number of nitrogens with zero attached hydrogens (tertiary/aromatic N) is 3. The molecule has 136 valence electrons. The first-order chi connectivity index (χ1) is 12.1. The zero-order chi connectivity index (χ0) is 17.4. The van der Waals surface area contributed by atoms with Crippen molar-refractivity contribution in [2.24, 2.45) is 11.8 Å². The maximum atomic E-state index is 12.1. The fourth-order valence-electron chi connectivity index (χ4n) is 3.91. The second-order valence-electron chi connectivity index (χ2n) is 7.97. The van der Waals surface area contributed by atoms with E-state index in [1.54, 1.807) is 0 Å². The Morgan fingerprint density at radius 2 is 1.96 bits per heavy atom. The van der Waals surface area contributed by atoms with Gasteiger partial charge in [0.1, 0.15) is 11.6 Å². The number of nitrogens with one attached hydrogen (secondary N) is 1. The maximum absolute atomic E-state index is 12.1. The number of hydrogen-bond acceptors (Lipinski definition) is 5. The number of aliphatic hydroxyl groups is 1. The van der Waals surface area contributed by atoms with Crippen molar-refractivity contribution in [3.8, 4) is 0 Å². The van der Waals surface area contributed by atoms with Crippen LogP contribution in [-0.2, 0) is 4.79 Å². The smallest absolute Gasteiger partial charge is 0.225 e. The molecule has 0 bridgehead atoms. The quantitative estimate of drug-likeness (QED) is 0.855. The van der Waals surface area contributed by atoms with Gasteiger partial charge in [-0.2, -0.15) is 0 Å². The third-order valence-corrected chi connectivity index (χ3v) is 5.81. The van der Waals surface area contributed by atoms with Crippen LogP contribution < -0.4 is 5.32 Å². The lowest BCUT2D eigenvalue weighted by Crippen LogP contribution is -2.40. The number of aromatic nitrogens is 2. The van der Waals surface area contributed by atoms with Crippen LogP contribution in [0.3, 0.4) is 0 Å². The normalized spacial score (nSPS) is 27.0. The number of aryl methyl sites for hydroxylation is 1. The minimum absolute atomic E-state index is 0.166. The highest BCUT2D eigenvalue weighted by molar-refractivity contribution is 5.81. The summed E-state index contributed by atoms with van der Waals surface area (Å²) in [4.78, 5) is 23.2. The van der Waals surface area contributed by atoms with Gasteiger partial charge in [0, 0.05) is 43.2 Å². The number of amides is 1. The van der Waals surface area contributed by atoms with E-state index < -0.39 is 0 Å². The fraction of sp³-hybridized carbons (Fsp3) is 0.737. The molecule has 1 aliphatic heterocycles. The Hall–Kier alpha value is -1.69. The Bertz CT molecular complexity index is 632. The molecule has 2 aliphatic carbocycles. The zero-order valence-electron chi connectivity index (χ0n) is 14.9. The second kappa shape index (κ2) is 6.90. The van der Waals surface area contributed by atoms with Crippen LogP contribution in [-0.4, -0.2) is 51.6 Å². The molecule has 3 aliphatic rings. The molecule has 2 N–H and O–H groups in total. The minimum atomic E-state index is -0.166. The number of likely N-dealkylation sites (tertiary alicyclic amines) is 1. The number of hydrogen-bond donors (Lipinski definition) is 2. The standard InChI is InChI=1S/C19H28N4O2/c1-12-21-17(15-8-16(24)9-15)10-18(22-12)20-11-13-4-6-23(7-5-13)19(25)14-2-3-14/h10,13-16,24H,2-9,11H2,1H3,(H,20,21,22). The molecule has 2 heterocycles. The number of carbonyl (C=O) groups is 1. The highest BCUT2D eigenvalue weighted by Gasteiger charge is 2.35. The number of rotatable bonds is 5. The fourth-order valence-corrected chi connectivity index (χ4v) is 3.91. The Labute approximate surface area is 149 Å². The first kappa shape index (κ1) is 16.8. The second-order valence-corrected chi connectivity index (χ2v) is 7.97. The molecule has 2 saturated carbocycles. The van der Waals surface area contributed by atoms with E-state index in [4.69, 9.17) is 0 Å². The summed E-state index contributed by atoms with van der Waals surface area (Å²) in [6, 6.07) is 2.04. The molecule has 1 amide bonds. The van der Waals surface area contributed by atoms with Crippen molar-refractivity contribution in [1.29, 1.82) is 0 Å². The molecule has 0 atom stereocenters. The van der Waals surface area contributed by atoms with Crippen molar-refractivity contribution in [2.75, 3.05) is 25.0 Å². The molecule has 6 nitrogen and oxygen atoms in total. The molecule has 1 aromatic rings. The molecule has 1 saturated heterocycles. The molecular formula is C19H28N4O2. The third kappa shape index (κ3) is 3.94. The van der Waals surface area contributed by atoms with Crippen LogP contribution >= 0.6 is 0 Å². The van der Waals surface area contributed by atoms with Crippen LogP contribution in [0, 0.1) is 18.8 Å². The van der Waals surface area contributed by atoms with E-state index >= 15 is 0 Å². The van der Waals surface area contributed by atoms with Gasteiger partial charge in [0.15, 0.2) is 0 Å². The Morgan fingerprint density at radius 3 is 2.60 bits per heavy atom. The lowest BCUT2D eigenvalue weighted by molar-refractivity contribution is -0.133. The lowest BCUT2D eigenvalue weighted by Gasteiger charge is -2.32. The largest absolute Gasteiger partial charge is 0.393 e. The van der Waals surface area contributed by atoms with Gasteiger partial charge in [-0.05, 0) is 51.4 Å². The molecule has 4 rings (SSSR count). The minimum Gasteiger partial charge on any atom is -0.393 e. The van der Waals surface area contributed by atoms with Crippen LogP contribution in [0.2, 0.25) is 0 Å². The first-order valence-corrected chi connectivity index (χ1v) is 9.65. The summed E-state index contributed by atoms with van der Waals surface area (Å²) < 4.78 is 0. The molecule has 0 aromatic carbocycles. The van der Waals surface area contributed by atoms with E-state index in [2.05, 4.69) is 20.2 Å². The van der Waals surface area contributed by atoms with Crippen LogP contribution in [0.1, 0.15) is 56.0 Å². The molecule has 0 unspecified atom stereocenters. The number of piperidine rings is 1. The van der Waals surface area contributed by atoms with E-state index in [9.17, 15) is 9.90 Å². The van der Waals surface area contributed by atoms with Gasteiger partial charge >= 0.3 is 0 Å². The van der Waals surface area contributed by atoms with Gasteiger partial charge in [-0.3, -0.25) is 4.79 Å². The molecule has 1 aromatic heterocycles. The number of carbonyl (C=O) groups excluding carboxylic acids is 1. The zero-order valence-corrected chi connectivity index (χ0v) is 14.9. The van der Waals surface area contributed by atoms with Crippen molar-refractivity contribution in [3.05, 3.63) is 17.6 Å². The first-order valence-electron chi connectivity index (χ1n) is 9.65. The lowest BCUT2D eigenvalue weighted by atomic mass is 9.80. The van der Waals surface area contributed by atoms with Crippen LogP contribution in [0.5, 0.6) is 0 Å². The molecule has 0 spiro atoms. The van der Waals surface area contributed by atoms with Gasteiger partial charge in [-0.25, -0.2) is 9.97 Å². The maximum Gasteiger partial charge on any atom is 0.225 e. The van der Waals surface area contributed by atoms with E-state index in [1.807, 2.05) is 13.0 Å². The van der Waals surface area contributed by atoms with Gasteiger partial charge in [0.25, 0.3) is 0 Å². The summed E-state index contributed by atoms with van der Waals surface area (Å²) in [6.07, 6.45) is 5.77. The summed E-state index contributed by atoms with van der Waals surface area (Å²) >= 11 is 0. The molecule has 3 fully saturated rings. The van der Waals surface area contributed by atoms with E-state index in [0.717, 1.165) is 75.5 Å². The van der Waals surface area contributed by atoms with Gasteiger partial charge in [-0.15, -0.1) is 0 Å². The van der Waals surface area contributed by atoms with E-state index in [-0.39, 0.29) is 6.10 Å². The summed E-state index contributed by atoms with van der Waals surface area (Å²) in [5, 5.41) is 13.0. The SMILES string of the molecule is Cc1nc(NCC2CCN(C(=O)C3CC3)CC2)cc(C2CC(O)C2)n1. The number of aliphatic hydroxyl groups excluding tert-OH is 1. The van der Waals surface area contributed by atoms with E-state index in [1.165, 1.54) is 0 Å². The predicted octanol–water partition coefficient (Wildman–Crippen LogP) is 2.08. The van der Waals surface area contributed by atoms with Crippen molar-refractivity contribution in [1.82, 2.24) is 14.9 Å². The summed E-state index contributed by atoms with van der Waals surface area (Å²) in [5.74, 6) is 3.35. The Morgan fingerprint density at radius 1 is 1.24 bits per heavy atom. The van der Waals surface area contributed by atoms with Crippen molar-refractivity contribution in [3.63, 3.8) is 0 Å². The van der Waals surface area contributed by atoms with Crippen molar-refractivity contribution < 1.29 is 9.90 Å².